The third-order valence-corrected chi connectivity index (χ3v) is 5.50. The van der Waals surface area contributed by atoms with Crippen molar-refractivity contribution in [1.29, 1.82) is 0 Å². The van der Waals surface area contributed by atoms with Crippen LogP contribution in [-0.4, -0.2) is 71.5 Å². The van der Waals surface area contributed by atoms with Crippen molar-refractivity contribution < 1.29 is 9.84 Å². The van der Waals surface area contributed by atoms with Crippen LogP contribution in [0.1, 0.15) is 12.8 Å². The molecule has 23 heavy (non-hydrogen) atoms. The third kappa shape index (κ3) is 3.19. The maximum absolute atomic E-state index is 11.1. The van der Waals surface area contributed by atoms with Gasteiger partial charge in [-0.1, -0.05) is 0 Å². The Morgan fingerprint density at radius 1 is 1.26 bits per heavy atom. The van der Waals surface area contributed by atoms with Crippen LogP contribution in [0.3, 0.4) is 0 Å². The smallest absolute Gasteiger partial charge is 0.150 e. The molecular weight excluding hydrogens is 312 g/mol. The standard InChI is InChI=1S/C16H22N4O2S/c21-16(9-19-4-1-2-5-19)10-20(6-7-22-11-16)15-14-13(3-8-23-14)17-12-18-15/h3,8,12,21H,1-2,4-7,9-11H2/t16-/m0/s1. The number of ether oxygens (including phenoxy) is 1. The molecule has 0 aliphatic carbocycles. The lowest BCUT2D eigenvalue weighted by Crippen LogP contribution is -2.52. The quantitative estimate of drug-likeness (QED) is 0.914. The summed E-state index contributed by atoms with van der Waals surface area (Å²) in [6.45, 7) is 5.11. The molecule has 0 radical (unpaired) electrons. The monoisotopic (exact) mass is 334 g/mol. The normalized spacial score (nSPS) is 26.7. The second-order valence-corrected chi connectivity index (χ2v) is 7.43. The predicted molar refractivity (Wildman–Crippen MR) is 91.1 cm³/mol. The number of hydrogen-bond acceptors (Lipinski definition) is 7. The second kappa shape index (κ2) is 6.32. The minimum absolute atomic E-state index is 0.388. The van der Waals surface area contributed by atoms with E-state index >= 15 is 0 Å². The molecule has 4 heterocycles. The summed E-state index contributed by atoms with van der Waals surface area (Å²) in [5.74, 6) is 0.912. The molecule has 0 unspecified atom stereocenters. The van der Waals surface area contributed by atoms with Gasteiger partial charge in [0.15, 0.2) is 0 Å². The molecule has 2 aliphatic rings. The SMILES string of the molecule is O[C@]1(CN2CCCC2)COCCN(c2ncnc3ccsc23)C1. The maximum Gasteiger partial charge on any atom is 0.150 e. The highest BCUT2D eigenvalue weighted by Crippen LogP contribution is 2.30. The highest BCUT2D eigenvalue weighted by Gasteiger charge is 2.36. The van der Waals surface area contributed by atoms with Crippen molar-refractivity contribution in [2.75, 3.05) is 50.8 Å². The number of rotatable bonds is 3. The van der Waals surface area contributed by atoms with Crippen LogP contribution < -0.4 is 4.90 Å². The molecule has 1 atom stereocenters. The van der Waals surface area contributed by atoms with Crippen molar-refractivity contribution in [3.05, 3.63) is 17.8 Å². The fourth-order valence-electron chi connectivity index (χ4n) is 3.55. The molecule has 124 valence electrons. The summed E-state index contributed by atoms with van der Waals surface area (Å²) in [6, 6.07) is 2.01. The summed E-state index contributed by atoms with van der Waals surface area (Å²) >= 11 is 1.65. The molecule has 2 aromatic heterocycles. The zero-order valence-electron chi connectivity index (χ0n) is 13.1. The molecular formula is C16H22N4O2S. The molecule has 6 nitrogen and oxygen atoms in total. The average Bonchev–Trinajstić information content (AvgIpc) is 3.17. The lowest BCUT2D eigenvalue weighted by Gasteiger charge is -2.34. The maximum atomic E-state index is 11.1. The van der Waals surface area contributed by atoms with E-state index in [9.17, 15) is 5.11 Å². The third-order valence-electron chi connectivity index (χ3n) is 4.60. The fourth-order valence-corrected chi connectivity index (χ4v) is 4.41. The van der Waals surface area contributed by atoms with E-state index in [0.29, 0.717) is 26.3 Å². The summed E-state index contributed by atoms with van der Waals surface area (Å²) in [7, 11) is 0. The molecule has 0 saturated carbocycles. The molecule has 2 aromatic rings. The van der Waals surface area contributed by atoms with Crippen molar-refractivity contribution in [2.45, 2.75) is 18.4 Å². The molecule has 1 N–H and O–H groups in total. The molecule has 0 spiro atoms. The minimum atomic E-state index is -0.852. The Bertz CT molecular complexity index is 673. The van der Waals surface area contributed by atoms with Crippen LogP contribution in [0.4, 0.5) is 5.82 Å². The number of thiophene rings is 1. The number of hydrogen-bond donors (Lipinski definition) is 1. The van der Waals surface area contributed by atoms with Crippen LogP contribution in [-0.2, 0) is 4.74 Å². The Kier molecular flexibility index (Phi) is 4.19. The van der Waals surface area contributed by atoms with E-state index in [2.05, 4.69) is 19.8 Å². The van der Waals surface area contributed by atoms with Gasteiger partial charge in [-0.15, -0.1) is 11.3 Å². The lowest BCUT2D eigenvalue weighted by atomic mass is 10.0. The highest BCUT2D eigenvalue weighted by atomic mass is 32.1. The Labute approximate surface area is 139 Å². The number of anilines is 1. The van der Waals surface area contributed by atoms with Crippen LogP contribution >= 0.6 is 11.3 Å². The van der Waals surface area contributed by atoms with Crippen molar-refractivity contribution in [1.82, 2.24) is 14.9 Å². The Hall–Kier alpha value is -1.28. The molecule has 4 rings (SSSR count). The topological polar surface area (TPSA) is 61.7 Å². The zero-order chi connectivity index (χ0) is 15.7. The highest BCUT2D eigenvalue weighted by molar-refractivity contribution is 7.17. The van der Waals surface area contributed by atoms with E-state index in [0.717, 1.165) is 35.7 Å². The first kappa shape index (κ1) is 15.3. The first-order valence-electron chi connectivity index (χ1n) is 8.19. The van der Waals surface area contributed by atoms with Gasteiger partial charge in [-0.25, -0.2) is 9.97 Å². The van der Waals surface area contributed by atoms with Crippen LogP contribution in [0.5, 0.6) is 0 Å². The number of β-amino-alcohol motifs (C(OH)–C–C–N with tert-alkyl or cyclic N) is 1. The van der Waals surface area contributed by atoms with Gasteiger partial charge in [0.05, 0.1) is 30.0 Å². The molecule has 2 aliphatic heterocycles. The fraction of sp³-hybridized carbons (Fsp3) is 0.625. The van der Waals surface area contributed by atoms with Gasteiger partial charge in [0, 0.05) is 13.1 Å². The van der Waals surface area contributed by atoms with Crippen molar-refractivity contribution in [3.8, 4) is 0 Å². The molecule has 7 heteroatoms. The van der Waals surface area contributed by atoms with E-state index in [4.69, 9.17) is 4.74 Å². The first-order valence-corrected chi connectivity index (χ1v) is 9.07. The van der Waals surface area contributed by atoms with Gasteiger partial charge in [0.2, 0.25) is 0 Å². The van der Waals surface area contributed by atoms with Gasteiger partial charge in [-0.2, -0.15) is 0 Å². The van der Waals surface area contributed by atoms with Crippen molar-refractivity contribution in [3.63, 3.8) is 0 Å². The Morgan fingerprint density at radius 2 is 2.13 bits per heavy atom. The van der Waals surface area contributed by atoms with Crippen molar-refractivity contribution >= 4 is 27.4 Å². The van der Waals surface area contributed by atoms with E-state index < -0.39 is 5.60 Å². The first-order chi connectivity index (χ1) is 11.2. The summed E-state index contributed by atoms with van der Waals surface area (Å²) in [6.07, 6.45) is 4.06. The van der Waals surface area contributed by atoms with E-state index in [-0.39, 0.29) is 0 Å². The lowest BCUT2D eigenvalue weighted by molar-refractivity contribution is -0.0439. The van der Waals surface area contributed by atoms with Crippen LogP contribution in [0, 0.1) is 0 Å². The summed E-state index contributed by atoms with van der Waals surface area (Å²) in [5.41, 5.74) is 0.114. The molecule has 2 saturated heterocycles. The summed E-state index contributed by atoms with van der Waals surface area (Å²) in [4.78, 5) is 13.3. The van der Waals surface area contributed by atoms with Gasteiger partial charge < -0.3 is 19.6 Å². The van der Waals surface area contributed by atoms with Gasteiger partial charge in [0.25, 0.3) is 0 Å². The Balaban J connectivity index is 1.59. The predicted octanol–water partition coefficient (Wildman–Crippen LogP) is 1.35. The molecule has 0 amide bonds. The van der Waals surface area contributed by atoms with Gasteiger partial charge in [0.1, 0.15) is 17.7 Å². The molecule has 2 fully saturated rings. The average molecular weight is 334 g/mol. The van der Waals surface area contributed by atoms with E-state index in [1.807, 2.05) is 11.4 Å². The number of nitrogens with zero attached hydrogens (tertiary/aromatic N) is 4. The number of likely N-dealkylation sites (tertiary alicyclic amines) is 1. The minimum Gasteiger partial charge on any atom is -0.384 e. The number of aliphatic hydroxyl groups is 1. The number of aromatic nitrogens is 2. The number of fused-ring (bicyclic) bond motifs is 1. The summed E-state index contributed by atoms with van der Waals surface area (Å²) < 4.78 is 6.79. The largest absolute Gasteiger partial charge is 0.384 e. The van der Waals surface area contributed by atoms with Crippen molar-refractivity contribution in [2.24, 2.45) is 0 Å². The van der Waals surface area contributed by atoms with Gasteiger partial charge in [-0.05, 0) is 37.4 Å². The van der Waals surface area contributed by atoms with E-state index in [1.54, 1.807) is 17.7 Å². The summed E-state index contributed by atoms with van der Waals surface area (Å²) in [5, 5.41) is 13.2. The van der Waals surface area contributed by atoms with Gasteiger partial charge >= 0.3 is 0 Å². The Morgan fingerprint density at radius 3 is 3.00 bits per heavy atom. The second-order valence-electron chi connectivity index (χ2n) is 6.51. The van der Waals surface area contributed by atoms with Crippen LogP contribution in [0.15, 0.2) is 17.8 Å². The van der Waals surface area contributed by atoms with Crippen LogP contribution in [0.2, 0.25) is 0 Å². The molecule has 0 bridgehead atoms. The molecule has 0 aromatic carbocycles. The van der Waals surface area contributed by atoms with E-state index in [1.165, 1.54) is 12.8 Å². The van der Waals surface area contributed by atoms with Crippen LogP contribution in [0.25, 0.3) is 10.2 Å². The zero-order valence-corrected chi connectivity index (χ0v) is 14.0. The van der Waals surface area contributed by atoms with Gasteiger partial charge in [-0.3, -0.25) is 0 Å².